The monoisotopic (exact) mass is 315 g/mol. The second kappa shape index (κ2) is 6.78. The van der Waals surface area contributed by atoms with Gasteiger partial charge >= 0.3 is 0 Å². The fraction of sp³-hybridized carbons (Fsp3) is 0.643. The standard InChI is InChI=1S/C14H22ClN3OS/c1-4-16-13(17-8-14(2)9-19-10-14)18(3)7-11-5-6-12(15)20-11/h5-6H,4,7-10H2,1-3H3,(H,16,17). The van der Waals surface area contributed by atoms with Crippen LogP contribution in [0.5, 0.6) is 0 Å². The molecule has 2 heterocycles. The highest BCUT2D eigenvalue weighted by Crippen LogP contribution is 2.27. The van der Waals surface area contributed by atoms with Crippen LogP contribution in [0, 0.1) is 5.41 Å². The van der Waals surface area contributed by atoms with Gasteiger partial charge in [-0.05, 0) is 19.1 Å². The number of nitrogens with zero attached hydrogens (tertiary/aromatic N) is 2. The Morgan fingerprint density at radius 3 is 2.80 bits per heavy atom. The zero-order chi connectivity index (χ0) is 14.6. The van der Waals surface area contributed by atoms with Crippen molar-refractivity contribution in [3.8, 4) is 0 Å². The van der Waals surface area contributed by atoms with Gasteiger partial charge in [-0.1, -0.05) is 18.5 Å². The highest BCUT2D eigenvalue weighted by atomic mass is 35.5. The van der Waals surface area contributed by atoms with Gasteiger partial charge in [-0.2, -0.15) is 0 Å². The molecule has 0 spiro atoms. The molecule has 1 N–H and O–H groups in total. The zero-order valence-corrected chi connectivity index (χ0v) is 13.9. The molecule has 4 nitrogen and oxygen atoms in total. The number of nitrogens with one attached hydrogen (secondary N) is 1. The maximum absolute atomic E-state index is 5.97. The third-order valence-corrected chi connectivity index (χ3v) is 4.45. The predicted molar refractivity (Wildman–Crippen MR) is 85.7 cm³/mol. The van der Waals surface area contributed by atoms with Gasteiger partial charge in [-0.15, -0.1) is 11.3 Å². The Morgan fingerprint density at radius 2 is 2.30 bits per heavy atom. The van der Waals surface area contributed by atoms with Crippen molar-refractivity contribution in [2.24, 2.45) is 10.4 Å². The number of thiophene rings is 1. The van der Waals surface area contributed by atoms with Gasteiger partial charge in [0.15, 0.2) is 5.96 Å². The van der Waals surface area contributed by atoms with E-state index in [0.717, 1.165) is 43.1 Å². The first kappa shape index (κ1) is 15.6. The minimum absolute atomic E-state index is 0.202. The highest BCUT2D eigenvalue weighted by Gasteiger charge is 2.33. The van der Waals surface area contributed by atoms with Crippen molar-refractivity contribution in [1.29, 1.82) is 0 Å². The molecule has 112 valence electrons. The fourth-order valence-electron chi connectivity index (χ4n) is 2.02. The Bertz CT molecular complexity index is 471. The van der Waals surface area contributed by atoms with E-state index in [1.807, 2.05) is 6.07 Å². The van der Waals surface area contributed by atoms with E-state index in [0.29, 0.717) is 0 Å². The highest BCUT2D eigenvalue weighted by molar-refractivity contribution is 7.16. The van der Waals surface area contributed by atoms with Gasteiger partial charge in [0.1, 0.15) is 0 Å². The van der Waals surface area contributed by atoms with Crippen LogP contribution in [0.1, 0.15) is 18.7 Å². The molecule has 0 saturated carbocycles. The van der Waals surface area contributed by atoms with Gasteiger partial charge in [0, 0.05) is 23.9 Å². The fourth-order valence-corrected chi connectivity index (χ4v) is 3.16. The molecule has 20 heavy (non-hydrogen) atoms. The van der Waals surface area contributed by atoms with Gasteiger partial charge in [0.2, 0.25) is 0 Å². The molecule has 0 radical (unpaired) electrons. The normalized spacial score (nSPS) is 17.7. The Labute approximate surface area is 129 Å². The van der Waals surface area contributed by atoms with E-state index in [1.165, 1.54) is 4.88 Å². The van der Waals surface area contributed by atoms with Crippen LogP contribution in [0.25, 0.3) is 0 Å². The number of rotatable bonds is 5. The van der Waals surface area contributed by atoms with Gasteiger partial charge in [-0.25, -0.2) is 0 Å². The lowest BCUT2D eigenvalue weighted by molar-refractivity contribution is -0.0945. The van der Waals surface area contributed by atoms with Crippen molar-refractivity contribution >= 4 is 28.9 Å². The third-order valence-electron chi connectivity index (χ3n) is 3.23. The van der Waals surface area contributed by atoms with E-state index < -0.39 is 0 Å². The van der Waals surface area contributed by atoms with Crippen molar-refractivity contribution < 1.29 is 4.74 Å². The van der Waals surface area contributed by atoms with Crippen LogP contribution >= 0.6 is 22.9 Å². The average molecular weight is 316 g/mol. The molecule has 0 amide bonds. The van der Waals surface area contributed by atoms with E-state index in [9.17, 15) is 0 Å². The van der Waals surface area contributed by atoms with Crippen molar-refractivity contribution in [2.45, 2.75) is 20.4 Å². The van der Waals surface area contributed by atoms with Gasteiger partial charge in [0.05, 0.1) is 30.6 Å². The predicted octanol–water partition coefficient (Wildman–Crippen LogP) is 2.84. The Balaban J connectivity index is 1.97. The molecule has 1 aliphatic rings. The second-order valence-corrected chi connectivity index (χ2v) is 7.34. The minimum atomic E-state index is 0.202. The van der Waals surface area contributed by atoms with E-state index in [4.69, 9.17) is 21.3 Å². The summed E-state index contributed by atoms with van der Waals surface area (Å²) in [7, 11) is 2.05. The van der Waals surface area contributed by atoms with Crippen LogP contribution in [-0.4, -0.2) is 44.2 Å². The smallest absolute Gasteiger partial charge is 0.194 e. The molecule has 0 aromatic carbocycles. The maximum Gasteiger partial charge on any atom is 0.194 e. The van der Waals surface area contributed by atoms with E-state index in [-0.39, 0.29) is 5.41 Å². The number of ether oxygens (including phenoxy) is 1. The van der Waals surface area contributed by atoms with Crippen LogP contribution in [0.4, 0.5) is 0 Å². The lowest BCUT2D eigenvalue weighted by atomic mass is 9.89. The average Bonchev–Trinajstić information content (AvgIpc) is 2.77. The van der Waals surface area contributed by atoms with Crippen molar-refractivity contribution in [3.63, 3.8) is 0 Å². The number of hydrogen-bond acceptors (Lipinski definition) is 3. The summed E-state index contributed by atoms with van der Waals surface area (Å²) in [4.78, 5) is 8.10. The summed E-state index contributed by atoms with van der Waals surface area (Å²) >= 11 is 7.58. The van der Waals surface area contributed by atoms with Gasteiger partial charge < -0.3 is 15.0 Å². The molecule has 0 aliphatic carbocycles. The summed E-state index contributed by atoms with van der Waals surface area (Å²) in [5.74, 6) is 0.935. The summed E-state index contributed by atoms with van der Waals surface area (Å²) < 4.78 is 6.10. The number of hydrogen-bond donors (Lipinski definition) is 1. The van der Waals surface area contributed by atoms with Crippen molar-refractivity contribution in [3.05, 3.63) is 21.3 Å². The molecule has 1 aromatic rings. The van der Waals surface area contributed by atoms with Crippen LogP contribution in [-0.2, 0) is 11.3 Å². The Kier molecular flexibility index (Phi) is 5.29. The first-order valence-electron chi connectivity index (χ1n) is 6.84. The van der Waals surface area contributed by atoms with E-state index in [2.05, 4.69) is 37.2 Å². The van der Waals surface area contributed by atoms with Gasteiger partial charge in [-0.3, -0.25) is 4.99 Å². The molecule has 1 aromatic heterocycles. The largest absolute Gasteiger partial charge is 0.380 e. The zero-order valence-electron chi connectivity index (χ0n) is 12.3. The van der Waals surface area contributed by atoms with Crippen molar-refractivity contribution in [2.75, 3.05) is 33.4 Å². The topological polar surface area (TPSA) is 36.9 Å². The molecule has 1 fully saturated rings. The van der Waals surface area contributed by atoms with Crippen LogP contribution in [0.2, 0.25) is 4.34 Å². The lowest BCUT2D eigenvalue weighted by Crippen LogP contribution is -2.44. The summed E-state index contributed by atoms with van der Waals surface area (Å²) in [5, 5.41) is 3.34. The Morgan fingerprint density at radius 1 is 1.55 bits per heavy atom. The molecule has 0 bridgehead atoms. The molecule has 0 unspecified atom stereocenters. The van der Waals surface area contributed by atoms with E-state index in [1.54, 1.807) is 11.3 Å². The first-order chi connectivity index (χ1) is 9.52. The molecule has 6 heteroatoms. The van der Waals surface area contributed by atoms with Crippen molar-refractivity contribution in [1.82, 2.24) is 10.2 Å². The molecular formula is C14H22ClN3OS. The number of aliphatic imine (C=N–C) groups is 1. The molecule has 1 aliphatic heterocycles. The van der Waals surface area contributed by atoms with Crippen LogP contribution in [0.15, 0.2) is 17.1 Å². The molecule has 2 rings (SSSR count). The van der Waals surface area contributed by atoms with E-state index >= 15 is 0 Å². The number of halogens is 1. The molecule has 1 saturated heterocycles. The second-order valence-electron chi connectivity index (χ2n) is 5.54. The summed E-state index contributed by atoms with van der Waals surface area (Å²) in [6, 6.07) is 4.00. The molecular weight excluding hydrogens is 294 g/mol. The summed E-state index contributed by atoms with van der Waals surface area (Å²) in [6.45, 7) is 8.38. The minimum Gasteiger partial charge on any atom is -0.380 e. The summed E-state index contributed by atoms with van der Waals surface area (Å²) in [6.07, 6.45) is 0. The third kappa shape index (κ3) is 4.11. The van der Waals surface area contributed by atoms with Gasteiger partial charge in [0.25, 0.3) is 0 Å². The SMILES string of the molecule is CCNC(=NCC1(C)COC1)N(C)Cc1ccc(Cl)s1. The Hall–Kier alpha value is -0.780. The summed E-state index contributed by atoms with van der Waals surface area (Å²) in [5.41, 5.74) is 0.202. The quantitative estimate of drug-likeness (QED) is 0.670. The van der Waals surface area contributed by atoms with Crippen LogP contribution < -0.4 is 5.32 Å². The lowest BCUT2D eigenvalue weighted by Gasteiger charge is -2.37. The number of guanidine groups is 1. The molecule has 0 atom stereocenters. The first-order valence-corrected chi connectivity index (χ1v) is 8.03. The van der Waals surface area contributed by atoms with Crippen LogP contribution in [0.3, 0.4) is 0 Å². The maximum atomic E-state index is 5.97.